The van der Waals surface area contributed by atoms with E-state index in [0.29, 0.717) is 0 Å². The quantitative estimate of drug-likeness (QED) is 0.467. The van der Waals surface area contributed by atoms with Crippen LogP contribution < -0.4 is 0 Å². The van der Waals surface area contributed by atoms with Gasteiger partial charge in [0.25, 0.3) is 0 Å². The molecule has 76 valence electrons. The smallest absolute Gasteiger partial charge is 0.0781 e. The summed E-state index contributed by atoms with van der Waals surface area (Å²) in [7, 11) is -0.988. The van der Waals surface area contributed by atoms with Gasteiger partial charge in [0.1, 0.15) is 0 Å². The molecular weight excluding hydrogens is 174 g/mol. The van der Waals surface area contributed by atoms with Crippen LogP contribution in [0.4, 0.5) is 0 Å². The maximum atomic E-state index is 2.55. The Hall–Kier alpha value is -0.0831. The third kappa shape index (κ3) is 3.28. The lowest BCUT2D eigenvalue weighted by Gasteiger charge is -2.25. The lowest BCUT2D eigenvalue weighted by atomic mass is 10.7. The molecule has 0 saturated carbocycles. The molecule has 0 atom stereocenters. The van der Waals surface area contributed by atoms with Gasteiger partial charge in [-0.1, -0.05) is 37.7 Å². The summed E-state index contributed by atoms with van der Waals surface area (Å²) >= 11 is 0. The predicted molar refractivity (Wildman–Crippen MR) is 62.8 cm³/mol. The molecule has 1 aliphatic rings. The molecule has 13 heavy (non-hydrogen) atoms. The van der Waals surface area contributed by atoms with Crippen LogP contribution in [0.1, 0.15) is 20.8 Å². The van der Waals surface area contributed by atoms with Crippen molar-refractivity contribution >= 4 is 8.07 Å². The number of nitrogens with zero attached hydrogens (tertiary/aromatic N) is 1. The van der Waals surface area contributed by atoms with Crippen LogP contribution >= 0.6 is 0 Å². The van der Waals surface area contributed by atoms with Crippen LogP contribution in [0.2, 0.25) is 18.1 Å². The monoisotopic (exact) mass is 197 g/mol. The summed E-state index contributed by atoms with van der Waals surface area (Å²) in [5.41, 5.74) is 2.55. The zero-order valence-corrected chi connectivity index (χ0v) is 10.3. The third-order valence-electron chi connectivity index (χ3n) is 3.39. The summed E-state index contributed by atoms with van der Waals surface area (Å²) in [6.45, 7) is 11.0. The van der Waals surface area contributed by atoms with Crippen LogP contribution in [0.3, 0.4) is 0 Å². The number of hydrogen-bond acceptors (Lipinski definition) is 1. The molecule has 0 aromatic heterocycles. The highest BCUT2D eigenvalue weighted by molar-refractivity contribution is 6.84. The van der Waals surface area contributed by atoms with Crippen LogP contribution in [-0.2, 0) is 0 Å². The normalized spacial score (nSPS) is 18.4. The van der Waals surface area contributed by atoms with Crippen LogP contribution in [0.15, 0.2) is 11.8 Å². The van der Waals surface area contributed by atoms with Crippen molar-refractivity contribution in [2.75, 3.05) is 19.6 Å². The van der Waals surface area contributed by atoms with Crippen molar-refractivity contribution in [1.82, 2.24) is 4.90 Å². The summed E-state index contributed by atoms with van der Waals surface area (Å²) in [5.74, 6) is 0. The first-order valence-electron chi connectivity index (χ1n) is 5.62. The van der Waals surface area contributed by atoms with Crippen molar-refractivity contribution in [3.63, 3.8) is 0 Å². The Balaban J connectivity index is 2.41. The Morgan fingerprint density at radius 2 is 1.85 bits per heavy atom. The largest absolute Gasteiger partial charge is 0.301 e. The molecule has 0 aliphatic carbocycles. The third-order valence-corrected chi connectivity index (χ3v) is 8.47. The Morgan fingerprint density at radius 3 is 2.23 bits per heavy atom. The van der Waals surface area contributed by atoms with E-state index in [9.17, 15) is 0 Å². The van der Waals surface area contributed by atoms with Crippen molar-refractivity contribution < 1.29 is 0 Å². The molecule has 1 aliphatic heterocycles. The SMILES string of the molecule is C/C=C\[Si](CC)(CC)CCN1CC1. The highest BCUT2D eigenvalue weighted by Crippen LogP contribution is 2.23. The van der Waals surface area contributed by atoms with E-state index in [2.05, 4.69) is 37.4 Å². The molecule has 2 heteroatoms. The Kier molecular flexibility index (Phi) is 4.20. The highest BCUT2D eigenvalue weighted by Gasteiger charge is 2.28. The van der Waals surface area contributed by atoms with Crippen molar-refractivity contribution in [1.29, 1.82) is 0 Å². The van der Waals surface area contributed by atoms with E-state index in [1.54, 1.807) is 0 Å². The molecule has 0 bridgehead atoms. The lowest BCUT2D eigenvalue weighted by molar-refractivity contribution is 0.589. The lowest BCUT2D eigenvalue weighted by Crippen LogP contribution is -2.32. The average Bonchev–Trinajstić information content (AvgIpc) is 2.96. The molecule has 0 amide bonds. The molecule has 0 radical (unpaired) electrons. The second kappa shape index (κ2) is 4.96. The topological polar surface area (TPSA) is 3.01 Å². The van der Waals surface area contributed by atoms with E-state index < -0.39 is 8.07 Å². The number of hydrogen-bond donors (Lipinski definition) is 0. The first kappa shape index (κ1) is 11.0. The summed E-state index contributed by atoms with van der Waals surface area (Å²) in [4.78, 5) is 2.55. The second-order valence-electron chi connectivity index (χ2n) is 4.16. The Bertz CT molecular complexity index is 169. The summed E-state index contributed by atoms with van der Waals surface area (Å²) < 4.78 is 0. The van der Waals surface area contributed by atoms with E-state index in [4.69, 9.17) is 0 Å². The minimum Gasteiger partial charge on any atom is -0.301 e. The molecule has 1 nitrogen and oxygen atoms in total. The number of allylic oxidation sites excluding steroid dienone is 1. The molecule has 0 unspecified atom stereocenters. The van der Waals surface area contributed by atoms with E-state index in [1.807, 2.05) is 0 Å². The first-order valence-corrected chi connectivity index (χ1v) is 8.32. The number of rotatable bonds is 6. The molecule has 0 aromatic carbocycles. The summed E-state index contributed by atoms with van der Waals surface area (Å²) in [5, 5.41) is 0. The van der Waals surface area contributed by atoms with Gasteiger partial charge in [-0.15, -0.1) is 0 Å². The highest BCUT2D eigenvalue weighted by atomic mass is 28.3. The fourth-order valence-electron chi connectivity index (χ4n) is 1.95. The average molecular weight is 197 g/mol. The molecule has 1 rings (SSSR count). The Morgan fingerprint density at radius 1 is 1.23 bits per heavy atom. The van der Waals surface area contributed by atoms with Crippen LogP contribution in [0.25, 0.3) is 0 Å². The standard InChI is InChI=1S/C11H23NSi/c1-4-10-13(5-2,6-3)11-9-12-7-8-12/h4,10H,5-9,11H2,1-3H3/b10-4-. The van der Waals surface area contributed by atoms with Gasteiger partial charge in [0.15, 0.2) is 0 Å². The fourth-order valence-corrected chi connectivity index (χ4v) is 5.27. The predicted octanol–water partition coefficient (Wildman–Crippen LogP) is 2.91. The van der Waals surface area contributed by atoms with Crippen LogP contribution in [0, 0.1) is 0 Å². The van der Waals surface area contributed by atoms with Crippen molar-refractivity contribution in [3.8, 4) is 0 Å². The van der Waals surface area contributed by atoms with Crippen LogP contribution in [0.5, 0.6) is 0 Å². The zero-order valence-electron chi connectivity index (χ0n) is 9.34. The molecule has 1 heterocycles. The fraction of sp³-hybridized carbons (Fsp3) is 0.818. The van der Waals surface area contributed by atoms with Gasteiger partial charge in [-0.25, -0.2) is 0 Å². The Labute approximate surface area is 83.8 Å². The van der Waals surface area contributed by atoms with E-state index in [1.165, 1.54) is 37.8 Å². The van der Waals surface area contributed by atoms with Gasteiger partial charge in [-0.05, 0) is 19.5 Å². The maximum Gasteiger partial charge on any atom is 0.0781 e. The van der Waals surface area contributed by atoms with Gasteiger partial charge in [0, 0.05) is 13.1 Å². The van der Waals surface area contributed by atoms with E-state index >= 15 is 0 Å². The minimum atomic E-state index is -0.988. The van der Waals surface area contributed by atoms with Crippen molar-refractivity contribution in [3.05, 3.63) is 11.8 Å². The first-order chi connectivity index (χ1) is 6.26. The van der Waals surface area contributed by atoms with E-state index in [0.717, 1.165) is 0 Å². The zero-order chi connectivity index (χ0) is 9.73. The van der Waals surface area contributed by atoms with Crippen molar-refractivity contribution in [2.45, 2.75) is 38.9 Å². The van der Waals surface area contributed by atoms with Gasteiger partial charge in [-0.2, -0.15) is 0 Å². The van der Waals surface area contributed by atoms with Gasteiger partial charge >= 0.3 is 0 Å². The summed E-state index contributed by atoms with van der Waals surface area (Å²) in [6.07, 6.45) is 2.28. The molecule has 0 spiro atoms. The van der Waals surface area contributed by atoms with Gasteiger partial charge in [-0.3, -0.25) is 0 Å². The van der Waals surface area contributed by atoms with Gasteiger partial charge in [0.05, 0.1) is 8.07 Å². The summed E-state index contributed by atoms with van der Waals surface area (Å²) in [6, 6.07) is 4.31. The van der Waals surface area contributed by atoms with Crippen molar-refractivity contribution in [2.24, 2.45) is 0 Å². The molecule has 1 saturated heterocycles. The van der Waals surface area contributed by atoms with Gasteiger partial charge < -0.3 is 4.90 Å². The molecule has 0 aromatic rings. The maximum absolute atomic E-state index is 2.55. The molecule has 1 fully saturated rings. The molecular formula is C11H23NSi. The molecule has 0 N–H and O–H groups in total. The van der Waals surface area contributed by atoms with Gasteiger partial charge in [0.2, 0.25) is 0 Å². The second-order valence-corrected chi connectivity index (χ2v) is 9.13. The van der Waals surface area contributed by atoms with Crippen LogP contribution in [-0.4, -0.2) is 32.6 Å². The van der Waals surface area contributed by atoms with E-state index in [-0.39, 0.29) is 0 Å². The minimum absolute atomic E-state index is 0.988.